The summed E-state index contributed by atoms with van der Waals surface area (Å²) in [6, 6.07) is 6.20. The molecule has 1 heterocycles. The number of hydrogen-bond donors (Lipinski definition) is 1. The third-order valence-electron chi connectivity index (χ3n) is 3.20. The molecule has 1 fully saturated rings. The fourth-order valence-electron chi connectivity index (χ4n) is 2.14. The maximum Gasteiger partial charge on any atom is 0.261 e. The Bertz CT molecular complexity index is 444. The average molecular weight is 254 g/mol. The molecule has 3 nitrogen and oxygen atoms in total. The number of benzene rings is 1. The average Bonchev–Trinajstić information content (AvgIpc) is 2.79. The van der Waals surface area contributed by atoms with Crippen LogP contribution in [0.4, 0.5) is 8.78 Å². The summed E-state index contributed by atoms with van der Waals surface area (Å²) in [6.07, 6.45) is 0.174. The molecule has 1 amide bonds. The summed E-state index contributed by atoms with van der Waals surface area (Å²) in [6.45, 7) is 0.612. The van der Waals surface area contributed by atoms with E-state index in [2.05, 4.69) is 5.32 Å². The van der Waals surface area contributed by atoms with Crippen molar-refractivity contribution < 1.29 is 13.6 Å². The molecule has 0 spiro atoms. The van der Waals surface area contributed by atoms with Gasteiger partial charge in [0, 0.05) is 32.1 Å². The van der Waals surface area contributed by atoms with Gasteiger partial charge >= 0.3 is 0 Å². The van der Waals surface area contributed by atoms with Gasteiger partial charge in [0.05, 0.1) is 0 Å². The largest absolute Gasteiger partial charge is 0.339 e. The number of amides is 1. The van der Waals surface area contributed by atoms with Gasteiger partial charge in [-0.15, -0.1) is 0 Å². The molecule has 0 aliphatic carbocycles. The second-order valence-corrected chi connectivity index (χ2v) is 4.64. The van der Waals surface area contributed by atoms with Crippen molar-refractivity contribution in [2.45, 2.75) is 18.6 Å². The van der Waals surface area contributed by atoms with E-state index in [9.17, 15) is 13.6 Å². The second-order valence-electron chi connectivity index (χ2n) is 4.64. The lowest BCUT2D eigenvalue weighted by atomic mass is 10.0. The van der Waals surface area contributed by atoms with Gasteiger partial charge in [-0.05, 0) is 12.6 Å². The minimum Gasteiger partial charge on any atom is -0.339 e. The first-order chi connectivity index (χ1) is 8.53. The molecular formula is C13H16F2N2O. The highest BCUT2D eigenvalue weighted by Gasteiger charge is 2.43. The number of halogens is 2. The third-order valence-corrected chi connectivity index (χ3v) is 3.20. The van der Waals surface area contributed by atoms with Crippen LogP contribution in [0.2, 0.25) is 0 Å². The highest BCUT2D eigenvalue weighted by molar-refractivity contribution is 5.85. The molecule has 1 aliphatic heterocycles. The number of carbonyl (C=O) groups is 1. The molecule has 1 atom stereocenters. The van der Waals surface area contributed by atoms with Crippen molar-refractivity contribution in [3.8, 4) is 0 Å². The van der Waals surface area contributed by atoms with Crippen molar-refractivity contribution in [3.63, 3.8) is 0 Å². The molecule has 1 aliphatic rings. The van der Waals surface area contributed by atoms with E-state index in [0.717, 1.165) is 0 Å². The van der Waals surface area contributed by atoms with Crippen LogP contribution in [-0.2, 0) is 11.3 Å². The van der Waals surface area contributed by atoms with Crippen LogP contribution >= 0.6 is 0 Å². The molecule has 0 aromatic heterocycles. The highest BCUT2D eigenvalue weighted by atomic mass is 19.1. The molecule has 1 saturated heterocycles. The summed E-state index contributed by atoms with van der Waals surface area (Å²) in [4.78, 5) is 13.2. The first-order valence-electron chi connectivity index (χ1n) is 5.91. The molecule has 0 radical (unpaired) electrons. The van der Waals surface area contributed by atoms with E-state index in [-0.39, 0.29) is 25.3 Å². The van der Waals surface area contributed by atoms with Crippen LogP contribution < -0.4 is 5.32 Å². The van der Waals surface area contributed by atoms with Crippen molar-refractivity contribution in [2.75, 3.05) is 20.1 Å². The normalized spacial score (nSPS) is 23.1. The maximum absolute atomic E-state index is 14.2. The topological polar surface area (TPSA) is 32.3 Å². The molecule has 0 unspecified atom stereocenters. The molecule has 18 heavy (non-hydrogen) atoms. The minimum absolute atomic E-state index is 0.0352. The van der Waals surface area contributed by atoms with Crippen molar-refractivity contribution in [1.82, 2.24) is 10.2 Å². The van der Waals surface area contributed by atoms with Gasteiger partial charge in [0.1, 0.15) is 5.82 Å². The smallest absolute Gasteiger partial charge is 0.261 e. The molecule has 1 aromatic rings. The van der Waals surface area contributed by atoms with Crippen molar-refractivity contribution >= 4 is 5.91 Å². The summed E-state index contributed by atoms with van der Waals surface area (Å²) in [5, 5.41) is 2.83. The molecule has 0 saturated carbocycles. The molecule has 0 bridgehead atoms. The molecule has 98 valence electrons. The monoisotopic (exact) mass is 254 g/mol. The fraction of sp³-hybridized carbons (Fsp3) is 0.462. The van der Waals surface area contributed by atoms with Crippen molar-refractivity contribution in [1.29, 1.82) is 0 Å². The summed E-state index contributed by atoms with van der Waals surface area (Å²) in [5.74, 6) is -0.967. The van der Waals surface area contributed by atoms with Crippen LogP contribution in [0, 0.1) is 5.82 Å². The number of nitrogens with one attached hydrogen (secondary N) is 1. The Labute approximate surface area is 105 Å². The van der Waals surface area contributed by atoms with Gasteiger partial charge in [-0.2, -0.15) is 0 Å². The number of rotatable bonds is 3. The van der Waals surface area contributed by atoms with Gasteiger partial charge in [0.2, 0.25) is 5.67 Å². The Morgan fingerprint density at radius 1 is 1.50 bits per heavy atom. The van der Waals surface area contributed by atoms with Crippen LogP contribution in [0.25, 0.3) is 0 Å². The zero-order chi connectivity index (χ0) is 13.2. The van der Waals surface area contributed by atoms with Crippen LogP contribution in [0.1, 0.15) is 12.0 Å². The SMILES string of the molecule is CN(Cc1ccccc1F)C(=O)[C@]1(F)CCNC1. The van der Waals surface area contributed by atoms with E-state index in [1.807, 2.05) is 0 Å². The lowest BCUT2D eigenvalue weighted by Crippen LogP contribution is -2.45. The van der Waals surface area contributed by atoms with Crippen LogP contribution in [0.3, 0.4) is 0 Å². The van der Waals surface area contributed by atoms with E-state index >= 15 is 0 Å². The first kappa shape index (κ1) is 13.0. The standard InChI is InChI=1S/C13H16F2N2O/c1-17(8-10-4-2-3-5-11(10)14)12(18)13(15)6-7-16-9-13/h2-5,16H,6-9H2,1H3/t13-/m0/s1. The Hall–Kier alpha value is -1.49. The maximum atomic E-state index is 14.2. The predicted octanol–water partition coefficient (Wildman–Crippen LogP) is 1.49. The molecule has 2 rings (SSSR count). The molecule has 5 heteroatoms. The number of carbonyl (C=O) groups excluding carboxylic acids is 1. The summed E-state index contributed by atoms with van der Waals surface area (Å²) in [5.41, 5.74) is -1.46. The lowest BCUT2D eigenvalue weighted by molar-refractivity contribution is -0.142. The van der Waals surface area contributed by atoms with E-state index in [0.29, 0.717) is 12.1 Å². The van der Waals surface area contributed by atoms with Crippen molar-refractivity contribution in [3.05, 3.63) is 35.6 Å². The van der Waals surface area contributed by atoms with E-state index in [1.54, 1.807) is 18.2 Å². The van der Waals surface area contributed by atoms with Gasteiger partial charge in [0.25, 0.3) is 5.91 Å². The minimum atomic E-state index is -1.85. The summed E-state index contributed by atoms with van der Waals surface area (Å²) >= 11 is 0. The van der Waals surface area contributed by atoms with Crippen LogP contribution in [0.5, 0.6) is 0 Å². The zero-order valence-corrected chi connectivity index (χ0v) is 10.2. The Kier molecular flexibility index (Phi) is 3.61. The van der Waals surface area contributed by atoms with Crippen LogP contribution in [0.15, 0.2) is 24.3 Å². The lowest BCUT2D eigenvalue weighted by Gasteiger charge is -2.25. The van der Waals surface area contributed by atoms with E-state index in [4.69, 9.17) is 0 Å². The van der Waals surface area contributed by atoms with E-state index in [1.165, 1.54) is 18.0 Å². The number of hydrogen-bond acceptors (Lipinski definition) is 2. The number of nitrogens with zero attached hydrogens (tertiary/aromatic N) is 1. The van der Waals surface area contributed by atoms with Crippen molar-refractivity contribution in [2.24, 2.45) is 0 Å². The molecule has 1 aromatic carbocycles. The van der Waals surface area contributed by atoms with E-state index < -0.39 is 11.6 Å². The van der Waals surface area contributed by atoms with Gasteiger partial charge in [-0.1, -0.05) is 18.2 Å². The highest BCUT2D eigenvalue weighted by Crippen LogP contribution is 2.23. The third kappa shape index (κ3) is 2.51. The summed E-state index contributed by atoms with van der Waals surface area (Å²) < 4.78 is 27.7. The fourth-order valence-corrected chi connectivity index (χ4v) is 2.14. The van der Waals surface area contributed by atoms with Gasteiger partial charge < -0.3 is 10.2 Å². The zero-order valence-electron chi connectivity index (χ0n) is 10.2. The quantitative estimate of drug-likeness (QED) is 0.886. The second kappa shape index (κ2) is 5.02. The van der Waals surface area contributed by atoms with Gasteiger partial charge in [0.15, 0.2) is 0 Å². The molecular weight excluding hydrogens is 238 g/mol. The van der Waals surface area contributed by atoms with Gasteiger partial charge in [-0.3, -0.25) is 4.79 Å². The Morgan fingerprint density at radius 3 is 2.83 bits per heavy atom. The Balaban J connectivity index is 2.06. The summed E-state index contributed by atoms with van der Waals surface area (Å²) in [7, 11) is 1.49. The predicted molar refractivity (Wildman–Crippen MR) is 64.2 cm³/mol. The van der Waals surface area contributed by atoms with Gasteiger partial charge in [-0.25, -0.2) is 8.78 Å². The Morgan fingerprint density at radius 2 is 2.22 bits per heavy atom. The van der Waals surface area contributed by atoms with Crippen LogP contribution in [-0.4, -0.2) is 36.6 Å². The number of alkyl halides is 1. The molecule has 1 N–H and O–H groups in total. The first-order valence-corrected chi connectivity index (χ1v) is 5.91.